The molecule has 0 bridgehead atoms. The van der Waals surface area contributed by atoms with Crippen molar-refractivity contribution in [3.63, 3.8) is 0 Å². The van der Waals surface area contributed by atoms with Crippen LogP contribution >= 0.6 is 11.8 Å². The highest BCUT2D eigenvalue weighted by atomic mass is 32.2. The normalized spacial score (nSPS) is 11.2. The molecule has 3 aromatic heterocycles. The summed E-state index contributed by atoms with van der Waals surface area (Å²) >= 11 is 1.25. The van der Waals surface area contributed by atoms with Crippen LogP contribution in [0.1, 0.15) is 25.7 Å². The fourth-order valence-electron chi connectivity index (χ4n) is 1.86. The van der Waals surface area contributed by atoms with Gasteiger partial charge >= 0.3 is 6.01 Å². The second kappa shape index (κ2) is 6.87. The third-order valence-electron chi connectivity index (χ3n) is 3.09. The van der Waals surface area contributed by atoms with E-state index in [0.29, 0.717) is 22.6 Å². The van der Waals surface area contributed by atoms with Gasteiger partial charge in [-0.15, -0.1) is 15.3 Å². The van der Waals surface area contributed by atoms with Gasteiger partial charge in [0.15, 0.2) is 16.7 Å². The zero-order chi connectivity index (χ0) is 17.1. The van der Waals surface area contributed by atoms with Crippen molar-refractivity contribution in [3.8, 4) is 11.6 Å². The second-order valence-corrected chi connectivity index (χ2v) is 6.22. The first kappa shape index (κ1) is 16.2. The average Bonchev–Trinajstić information content (AvgIpc) is 3.26. The molecule has 1 amide bonds. The maximum absolute atomic E-state index is 12.0. The van der Waals surface area contributed by atoms with Crippen LogP contribution in [-0.2, 0) is 11.8 Å². The Morgan fingerprint density at radius 2 is 2.17 bits per heavy atom. The molecule has 0 spiro atoms. The van der Waals surface area contributed by atoms with Gasteiger partial charge in [0.25, 0.3) is 0 Å². The van der Waals surface area contributed by atoms with Gasteiger partial charge in [0.05, 0.1) is 12.0 Å². The molecule has 9 nitrogen and oxygen atoms in total. The molecule has 24 heavy (non-hydrogen) atoms. The molecule has 0 aliphatic carbocycles. The van der Waals surface area contributed by atoms with Crippen LogP contribution in [-0.4, -0.2) is 36.6 Å². The molecule has 0 aliphatic rings. The molecule has 0 aliphatic heterocycles. The van der Waals surface area contributed by atoms with Gasteiger partial charge in [0.1, 0.15) is 0 Å². The number of rotatable bonds is 6. The van der Waals surface area contributed by atoms with Gasteiger partial charge in [-0.2, -0.15) is 0 Å². The topological polar surface area (TPSA) is 112 Å². The Morgan fingerprint density at radius 1 is 1.33 bits per heavy atom. The molecule has 0 fully saturated rings. The van der Waals surface area contributed by atoms with Crippen molar-refractivity contribution in [1.82, 2.24) is 25.0 Å². The lowest BCUT2D eigenvalue weighted by Gasteiger charge is -2.02. The second-order valence-electron chi connectivity index (χ2n) is 5.28. The Kier molecular flexibility index (Phi) is 4.65. The highest BCUT2D eigenvalue weighted by molar-refractivity contribution is 7.99. The fourth-order valence-corrected chi connectivity index (χ4v) is 2.58. The van der Waals surface area contributed by atoms with E-state index in [1.807, 2.05) is 20.9 Å². The number of aromatic nitrogens is 5. The molecular weight excluding hydrogens is 332 g/mol. The summed E-state index contributed by atoms with van der Waals surface area (Å²) in [5.74, 6) is 1.69. The van der Waals surface area contributed by atoms with E-state index < -0.39 is 0 Å². The standard InChI is InChI=1S/C14H16N6O3S/c1-8(2)12-17-18-13(23-12)15-10(21)7-24-14-19-16-11(20(14)3)9-5-4-6-22-9/h4-6,8H,7H2,1-3H3,(H,15,18,21). The molecule has 126 valence electrons. The number of carbonyl (C=O) groups excluding carboxylic acids is 1. The summed E-state index contributed by atoms with van der Waals surface area (Å²) < 4.78 is 12.4. The molecule has 0 unspecified atom stereocenters. The molecule has 0 radical (unpaired) electrons. The largest absolute Gasteiger partial charge is 0.461 e. The number of carbonyl (C=O) groups is 1. The van der Waals surface area contributed by atoms with Crippen LogP contribution in [0.15, 0.2) is 32.4 Å². The zero-order valence-electron chi connectivity index (χ0n) is 13.4. The molecule has 0 saturated heterocycles. The van der Waals surface area contributed by atoms with Gasteiger partial charge in [0.2, 0.25) is 11.8 Å². The minimum atomic E-state index is -0.262. The van der Waals surface area contributed by atoms with E-state index in [2.05, 4.69) is 25.7 Å². The summed E-state index contributed by atoms with van der Waals surface area (Å²) in [6, 6.07) is 3.67. The number of nitrogens with zero attached hydrogens (tertiary/aromatic N) is 5. The maximum atomic E-state index is 12.0. The number of hydrogen-bond donors (Lipinski definition) is 1. The number of amides is 1. The molecular formula is C14H16N6O3S. The first-order valence-corrected chi connectivity index (χ1v) is 8.22. The molecule has 0 saturated carbocycles. The van der Waals surface area contributed by atoms with Crippen LogP contribution in [0.25, 0.3) is 11.6 Å². The van der Waals surface area contributed by atoms with E-state index in [9.17, 15) is 4.79 Å². The molecule has 3 aromatic rings. The van der Waals surface area contributed by atoms with E-state index in [-0.39, 0.29) is 23.6 Å². The quantitative estimate of drug-likeness (QED) is 0.675. The summed E-state index contributed by atoms with van der Waals surface area (Å²) in [7, 11) is 1.81. The highest BCUT2D eigenvalue weighted by Gasteiger charge is 2.16. The van der Waals surface area contributed by atoms with E-state index in [1.54, 1.807) is 23.0 Å². The van der Waals surface area contributed by atoms with Crippen molar-refractivity contribution < 1.29 is 13.6 Å². The lowest BCUT2D eigenvalue weighted by molar-refractivity contribution is -0.113. The number of furan rings is 1. The predicted molar refractivity (Wildman–Crippen MR) is 86.4 cm³/mol. The molecule has 0 aromatic carbocycles. The van der Waals surface area contributed by atoms with Crippen LogP contribution in [0.4, 0.5) is 6.01 Å². The molecule has 0 atom stereocenters. The SMILES string of the molecule is CC(C)c1nnc(NC(=O)CSc2nnc(-c3ccco3)n2C)o1. The highest BCUT2D eigenvalue weighted by Crippen LogP contribution is 2.23. The average molecular weight is 348 g/mol. The van der Waals surface area contributed by atoms with E-state index >= 15 is 0 Å². The van der Waals surface area contributed by atoms with Crippen LogP contribution in [0, 0.1) is 0 Å². The Balaban J connectivity index is 1.58. The molecule has 3 rings (SSSR count). The summed E-state index contributed by atoms with van der Waals surface area (Å²) in [4.78, 5) is 12.0. The van der Waals surface area contributed by atoms with Gasteiger partial charge < -0.3 is 13.4 Å². The van der Waals surface area contributed by atoms with Crippen molar-refractivity contribution in [2.45, 2.75) is 24.9 Å². The minimum absolute atomic E-state index is 0.0959. The van der Waals surface area contributed by atoms with E-state index in [4.69, 9.17) is 8.83 Å². The summed E-state index contributed by atoms with van der Waals surface area (Å²) in [6.07, 6.45) is 1.57. The number of anilines is 1. The third kappa shape index (κ3) is 3.48. The van der Waals surface area contributed by atoms with Crippen molar-refractivity contribution in [3.05, 3.63) is 24.3 Å². The number of hydrogen-bond acceptors (Lipinski definition) is 8. The summed E-state index contributed by atoms with van der Waals surface area (Å²) in [5, 5.41) is 18.9. The van der Waals surface area contributed by atoms with E-state index in [1.165, 1.54) is 11.8 Å². The Morgan fingerprint density at radius 3 is 2.83 bits per heavy atom. The van der Waals surface area contributed by atoms with Crippen LogP contribution in [0.2, 0.25) is 0 Å². The third-order valence-corrected chi connectivity index (χ3v) is 4.11. The number of nitrogens with one attached hydrogen (secondary N) is 1. The lowest BCUT2D eigenvalue weighted by atomic mass is 10.2. The fraction of sp³-hybridized carbons (Fsp3) is 0.357. The van der Waals surface area contributed by atoms with Crippen molar-refractivity contribution in [2.75, 3.05) is 11.1 Å². The summed E-state index contributed by atoms with van der Waals surface area (Å²) in [6.45, 7) is 3.86. The Labute approximate surface area is 141 Å². The van der Waals surface area contributed by atoms with Crippen molar-refractivity contribution >= 4 is 23.7 Å². The minimum Gasteiger partial charge on any atom is -0.461 e. The van der Waals surface area contributed by atoms with Gasteiger partial charge in [-0.25, -0.2) is 0 Å². The monoisotopic (exact) mass is 348 g/mol. The van der Waals surface area contributed by atoms with Crippen LogP contribution < -0.4 is 5.32 Å². The first-order chi connectivity index (χ1) is 11.5. The van der Waals surface area contributed by atoms with Crippen molar-refractivity contribution in [1.29, 1.82) is 0 Å². The van der Waals surface area contributed by atoms with Gasteiger partial charge in [-0.3, -0.25) is 10.1 Å². The molecule has 3 heterocycles. The zero-order valence-corrected chi connectivity index (χ0v) is 14.2. The van der Waals surface area contributed by atoms with E-state index in [0.717, 1.165) is 0 Å². The number of thioether (sulfide) groups is 1. The van der Waals surface area contributed by atoms with Crippen molar-refractivity contribution in [2.24, 2.45) is 7.05 Å². The van der Waals surface area contributed by atoms with Gasteiger partial charge in [-0.1, -0.05) is 30.7 Å². The Hall–Kier alpha value is -2.62. The molecule has 10 heteroatoms. The lowest BCUT2D eigenvalue weighted by Crippen LogP contribution is -2.14. The summed E-state index contributed by atoms with van der Waals surface area (Å²) in [5.41, 5.74) is 0. The first-order valence-electron chi connectivity index (χ1n) is 7.24. The van der Waals surface area contributed by atoms with Gasteiger partial charge in [-0.05, 0) is 12.1 Å². The van der Waals surface area contributed by atoms with Crippen LogP contribution in [0.3, 0.4) is 0 Å². The smallest absolute Gasteiger partial charge is 0.322 e. The molecule has 1 N–H and O–H groups in total. The predicted octanol–water partition coefficient (Wildman–Crippen LogP) is 2.31. The maximum Gasteiger partial charge on any atom is 0.322 e. The Bertz CT molecular complexity index is 824. The van der Waals surface area contributed by atoms with Crippen LogP contribution in [0.5, 0.6) is 0 Å². The van der Waals surface area contributed by atoms with Gasteiger partial charge in [0, 0.05) is 13.0 Å².